The molecule has 0 radical (unpaired) electrons. The maximum Gasteiger partial charge on any atom is 0.0543 e. The smallest absolute Gasteiger partial charge is 0.0543 e. The minimum Gasteiger partial charge on any atom is -0.310 e. The average Bonchev–Trinajstić information content (AvgIpc) is 3.97. The highest BCUT2D eigenvalue weighted by Gasteiger charge is 2.69. The van der Waals surface area contributed by atoms with E-state index in [1.54, 1.807) is 22.3 Å². The molecule has 7 unspecified atom stereocenters. The van der Waals surface area contributed by atoms with E-state index in [2.05, 4.69) is 132 Å². The van der Waals surface area contributed by atoms with Gasteiger partial charge in [0.1, 0.15) is 0 Å². The zero-order valence-corrected chi connectivity index (χ0v) is 32.1. The number of hydrogen-bond donors (Lipinski definition) is 0. The Morgan fingerprint density at radius 3 is 2.22 bits per heavy atom. The summed E-state index contributed by atoms with van der Waals surface area (Å²) in [5.41, 5.74) is 16.5. The lowest BCUT2D eigenvalue weighted by atomic mass is 9.57. The molecule has 8 aliphatic rings. The van der Waals surface area contributed by atoms with Gasteiger partial charge in [-0.05, 0) is 162 Å². The van der Waals surface area contributed by atoms with Gasteiger partial charge in [-0.3, -0.25) is 0 Å². The maximum atomic E-state index is 2.68. The minimum absolute atomic E-state index is 0.131. The van der Waals surface area contributed by atoms with Crippen molar-refractivity contribution in [2.75, 3.05) is 4.90 Å². The highest BCUT2D eigenvalue weighted by Crippen LogP contribution is 2.76. The molecule has 1 aromatic heterocycles. The largest absolute Gasteiger partial charge is 0.310 e. The summed E-state index contributed by atoms with van der Waals surface area (Å²) in [7, 11) is 0. The maximum absolute atomic E-state index is 2.68. The Kier molecular flexibility index (Phi) is 5.88. The first kappa shape index (κ1) is 30.5. The second kappa shape index (κ2) is 10.6. The van der Waals surface area contributed by atoms with E-state index in [-0.39, 0.29) is 10.8 Å². The zero-order chi connectivity index (χ0) is 35.6. The molecule has 7 atom stereocenters. The topological polar surface area (TPSA) is 3.24 Å². The van der Waals surface area contributed by atoms with Gasteiger partial charge in [0, 0.05) is 47.9 Å². The van der Waals surface area contributed by atoms with Crippen LogP contribution in [0.4, 0.5) is 17.1 Å². The van der Waals surface area contributed by atoms with Gasteiger partial charge in [0.25, 0.3) is 0 Å². The first-order chi connectivity index (χ1) is 27.2. The van der Waals surface area contributed by atoms with Crippen LogP contribution in [0.2, 0.25) is 0 Å². The van der Waals surface area contributed by atoms with Crippen molar-refractivity contribution in [1.82, 2.24) is 0 Å². The normalized spacial score (nSPS) is 29.4. The summed E-state index contributed by atoms with van der Waals surface area (Å²) < 4.78 is 2.73. The van der Waals surface area contributed by atoms with Gasteiger partial charge in [0.05, 0.1) is 5.69 Å². The van der Waals surface area contributed by atoms with Crippen LogP contribution in [0.1, 0.15) is 80.0 Å². The Hall–Kier alpha value is -4.66. The van der Waals surface area contributed by atoms with Crippen LogP contribution in [0, 0.1) is 35.5 Å². The molecular weight excluding hydrogens is 683 g/mol. The fraction of sp³-hybridized carbons (Fsp3) is 0.321. The van der Waals surface area contributed by atoms with E-state index in [1.807, 2.05) is 11.3 Å². The lowest BCUT2D eigenvalue weighted by molar-refractivity contribution is 0.0568. The third-order valence-electron chi connectivity index (χ3n) is 16.9. The van der Waals surface area contributed by atoms with Crippen LogP contribution in [-0.4, -0.2) is 0 Å². The van der Waals surface area contributed by atoms with E-state index in [9.17, 15) is 0 Å². The molecule has 15 rings (SSSR count). The number of thiophene rings is 1. The average molecular weight is 728 g/mol. The minimum atomic E-state index is 0.131. The summed E-state index contributed by atoms with van der Waals surface area (Å²) in [5, 5.41) is 2.73. The molecule has 1 heterocycles. The van der Waals surface area contributed by atoms with Crippen molar-refractivity contribution in [2.45, 2.75) is 68.6 Å². The van der Waals surface area contributed by atoms with Crippen LogP contribution in [0.5, 0.6) is 0 Å². The molecule has 55 heavy (non-hydrogen) atoms. The van der Waals surface area contributed by atoms with Gasteiger partial charge in [0.15, 0.2) is 0 Å². The molecule has 8 aliphatic carbocycles. The predicted octanol–water partition coefficient (Wildman–Crippen LogP) is 14.3. The Bertz CT molecular complexity index is 2780. The Morgan fingerprint density at radius 1 is 0.545 bits per heavy atom. The number of benzene rings is 6. The number of nitrogens with zero attached hydrogens (tertiary/aromatic N) is 1. The molecule has 1 nitrogen and oxygen atoms in total. The highest BCUT2D eigenvalue weighted by molar-refractivity contribution is 7.25. The third kappa shape index (κ3) is 3.64. The van der Waals surface area contributed by atoms with Gasteiger partial charge in [-0.15, -0.1) is 11.3 Å². The van der Waals surface area contributed by atoms with Crippen molar-refractivity contribution in [2.24, 2.45) is 35.5 Å². The molecule has 6 fully saturated rings. The fourth-order valence-electron chi connectivity index (χ4n) is 15.1. The third-order valence-corrected chi connectivity index (χ3v) is 18.0. The van der Waals surface area contributed by atoms with Crippen molar-refractivity contribution in [3.63, 3.8) is 0 Å². The van der Waals surface area contributed by atoms with Crippen LogP contribution < -0.4 is 4.90 Å². The van der Waals surface area contributed by atoms with E-state index in [0.717, 1.165) is 35.5 Å². The van der Waals surface area contributed by atoms with Gasteiger partial charge in [0.2, 0.25) is 0 Å². The molecule has 0 amide bonds. The summed E-state index contributed by atoms with van der Waals surface area (Å²) in [4.78, 5) is 2.68. The highest BCUT2D eigenvalue weighted by atomic mass is 32.1. The van der Waals surface area contributed by atoms with Crippen LogP contribution in [-0.2, 0) is 10.8 Å². The molecule has 0 aliphatic heterocycles. The summed E-state index contributed by atoms with van der Waals surface area (Å²) in [5.74, 6) is 5.34. The monoisotopic (exact) mass is 727 g/mol. The van der Waals surface area contributed by atoms with Crippen molar-refractivity contribution < 1.29 is 0 Å². The van der Waals surface area contributed by atoms with Crippen molar-refractivity contribution in [1.29, 1.82) is 0 Å². The van der Waals surface area contributed by atoms with E-state index in [1.165, 1.54) is 117 Å². The standard InChI is InChI=1S/C53H45NS/c1-4-13-42-36(10-1)39-29-34(20-22-43(39)52(42)24-7-8-25-52)54(35-21-23-49-40(30-35)37-11-3-6-17-48(37)55-49)47-16-9-15-45-51(47)38-12-2-5-14-44(38)53(45)33-19-18-31-28-46(53)41-27-32(26-33)50(31)41/h1-6,9-17,20-23,29-33,41,46,50H,7-8,18-19,24-28H2. The van der Waals surface area contributed by atoms with Gasteiger partial charge in [-0.2, -0.15) is 0 Å². The van der Waals surface area contributed by atoms with Gasteiger partial charge >= 0.3 is 0 Å². The molecule has 7 aromatic rings. The Labute approximate surface area is 328 Å². The second-order valence-corrected chi connectivity index (χ2v) is 19.7. The van der Waals surface area contributed by atoms with E-state index in [4.69, 9.17) is 0 Å². The van der Waals surface area contributed by atoms with Crippen LogP contribution >= 0.6 is 11.3 Å². The van der Waals surface area contributed by atoms with Gasteiger partial charge in [-0.1, -0.05) is 97.8 Å². The van der Waals surface area contributed by atoms with Gasteiger partial charge < -0.3 is 4.90 Å². The van der Waals surface area contributed by atoms with E-state index in [0.29, 0.717) is 0 Å². The molecule has 6 aromatic carbocycles. The molecule has 2 spiro atoms. The molecule has 0 saturated heterocycles. The van der Waals surface area contributed by atoms with Crippen LogP contribution in [0.25, 0.3) is 42.4 Å². The van der Waals surface area contributed by atoms with Crippen LogP contribution in [0.3, 0.4) is 0 Å². The van der Waals surface area contributed by atoms with Crippen LogP contribution in [0.15, 0.2) is 127 Å². The molecule has 0 N–H and O–H groups in total. The van der Waals surface area contributed by atoms with Crippen molar-refractivity contribution in [3.8, 4) is 22.3 Å². The number of fused-ring (bicyclic) bond motifs is 12. The quantitative estimate of drug-likeness (QED) is 0.175. The van der Waals surface area contributed by atoms with Gasteiger partial charge in [-0.25, -0.2) is 0 Å². The lowest BCUT2D eigenvalue weighted by Gasteiger charge is -2.46. The number of rotatable bonds is 3. The molecule has 268 valence electrons. The first-order valence-electron chi connectivity index (χ1n) is 21.4. The Balaban J connectivity index is 1.04. The zero-order valence-electron chi connectivity index (χ0n) is 31.3. The SMILES string of the molecule is c1ccc2c(c1)-c1cc(N(c3ccc4sc5ccccc5c4c3)c3cccc4c3-c3ccccc3C43C4CCC5CC3C3CC(C4)C53)ccc1C21CCCC1. The van der Waals surface area contributed by atoms with E-state index >= 15 is 0 Å². The molecule has 5 bridgehead atoms. The summed E-state index contributed by atoms with van der Waals surface area (Å²) in [6.45, 7) is 0. The predicted molar refractivity (Wildman–Crippen MR) is 229 cm³/mol. The lowest BCUT2D eigenvalue weighted by Crippen LogP contribution is -2.43. The van der Waals surface area contributed by atoms with Crippen molar-refractivity contribution >= 4 is 48.6 Å². The van der Waals surface area contributed by atoms with Crippen molar-refractivity contribution in [3.05, 3.63) is 150 Å². The molecule has 6 saturated carbocycles. The summed E-state index contributed by atoms with van der Waals surface area (Å²) in [6.07, 6.45) is 12.4. The van der Waals surface area contributed by atoms with E-state index < -0.39 is 0 Å². The molecular formula is C53H45NS. The number of hydrogen-bond acceptors (Lipinski definition) is 2. The second-order valence-electron chi connectivity index (χ2n) is 18.6. The first-order valence-corrected chi connectivity index (χ1v) is 22.2. The Morgan fingerprint density at radius 2 is 1.29 bits per heavy atom. The fourth-order valence-corrected chi connectivity index (χ4v) is 16.2. The summed E-state index contributed by atoms with van der Waals surface area (Å²) in [6, 6.07) is 50.5. The molecule has 2 heteroatoms. The summed E-state index contributed by atoms with van der Waals surface area (Å²) >= 11 is 1.92. The number of anilines is 3.